The highest BCUT2D eigenvalue weighted by Gasteiger charge is 2.30. The van der Waals surface area contributed by atoms with Crippen LogP contribution in [-0.2, 0) is 16.6 Å². The van der Waals surface area contributed by atoms with Crippen LogP contribution in [0, 0.1) is 17.1 Å². The van der Waals surface area contributed by atoms with Crippen LogP contribution >= 0.6 is 0 Å². The topological polar surface area (TPSA) is 129 Å². The molecule has 134 valence electrons. The van der Waals surface area contributed by atoms with E-state index < -0.39 is 23.0 Å². The van der Waals surface area contributed by atoms with Crippen molar-refractivity contribution in [1.29, 1.82) is 5.26 Å². The van der Waals surface area contributed by atoms with E-state index in [1.165, 1.54) is 12.3 Å². The lowest BCUT2D eigenvalue weighted by Gasteiger charge is -2.22. The minimum atomic E-state index is -1.15. The number of benzene rings is 1. The molecule has 0 aliphatic heterocycles. The normalized spacial score (nSPS) is 10.8. The summed E-state index contributed by atoms with van der Waals surface area (Å²) in [7, 11) is 0. The molecule has 0 saturated heterocycles. The fourth-order valence-electron chi connectivity index (χ4n) is 2.50. The molecular formula is C18H17FN4O3. The Hall–Kier alpha value is -3.47. The molecule has 1 aromatic heterocycles. The zero-order chi connectivity index (χ0) is 19.5. The zero-order valence-electron chi connectivity index (χ0n) is 14.2. The third kappa shape index (κ3) is 3.95. The molecule has 8 heteroatoms. The SMILES string of the molecule is CC(C)(C#N)c1c(NC(=O)Cc2cc(F)ccc2O)ccnc1C(N)=O. The summed E-state index contributed by atoms with van der Waals surface area (Å²) in [4.78, 5) is 27.9. The monoisotopic (exact) mass is 356 g/mol. The van der Waals surface area contributed by atoms with Crippen LogP contribution in [0.3, 0.4) is 0 Å². The lowest BCUT2D eigenvalue weighted by Crippen LogP contribution is -2.27. The second kappa shape index (κ2) is 7.19. The molecule has 0 atom stereocenters. The predicted octanol–water partition coefficient (Wildman–Crippen LogP) is 2.01. The molecule has 2 rings (SSSR count). The Morgan fingerprint density at radius 1 is 1.38 bits per heavy atom. The molecule has 0 bridgehead atoms. The van der Waals surface area contributed by atoms with Gasteiger partial charge in [0.15, 0.2) is 0 Å². The van der Waals surface area contributed by atoms with Crippen molar-refractivity contribution >= 4 is 17.5 Å². The van der Waals surface area contributed by atoms with Crippen molar-refractivity contribution < 1.29 is 19.1 Å². The number of nitrogens with two attached hydrogens (primary N) is 1. The predicted molar refractivity (Wildman–Crippen MR) is 91.8 cm³/mol. The van der Waals surface area contributed by atoms with Gasteiger partial charge >= 0.3 is 0 Å². The van der Waals surface area contributed by atoms with Crippen LogP contribution in [0.1, 0.15) is 35.5 Å². The van der Waals surface area contributed by atoms with Gasteiger partial charge in [0.05, 0.1) is 17.9 Å². The number of halogens is 1. The van der Waals surface area contributed by atoms with E-state index in [1.807, 2.05) is 6.07 Å². The number of phenolic OH excluding ortho intramolecular Hbond substituents is 1. The van der Waals surface area contributed by atoms with E-state index in [4.69, 9.17) is 5.73 Å². The maximum atomic E-state index is 13.3. The Labute approximate surface area is 149 Å². The number of amides is 2. The molecule has 4 N–H and O–H groups in total. The van der Waals surface area contributed by atoms with Crippen LogP contribution in [0.15, 0.2) is 30.5 Å². The minimum Gasteiger partial charge on any atom is -0.508 e. The molecule has 2 aromatic rings. The molecule has 2 amide bonds. The average molecular weight is 356 g/mol. The maximum absolute atomic E-state index is 13.3. The number of anilines is 1. The first-order valence-corrected chi connectivity index (χ1v) is 7.63. The molecule has 0 radical (unpaired) electrons. The maximum Gasteiger partial charge on any atom is 0.267 e. The number of phenols is 1. The number of nitrogens with one attached hydrogen (secondary N) is 1. The highest BCUT2D eigenvalue weighted by molar-refractivity contribution is 5.98. The summed E-state index contributed by atoms with van der Waals surface area (Å²) in [5.41, 5.74) is 4.54. The van der Waals surface area contributed by atoms with Crippen molar-refractivity contribution in [2.24, 2.45) is 5.73 Å². The first-order chi connectivity index (χ1) is 12.2. The fourth-order valence-corrected chi connectivity index (χ4v) is 2.50. The Balaban J connectivity index is 2.39. The summed E-state index contributed by atoms with van der Waals surface area (Å²) < 4.78 is 13.3. The number of hydrogen-bond acceptors (Lipinski definition) is 5. The van der Waals surface area contributed by atoms with Gasteiger partial charge in [-0.15, -0.1) is 0 Å². The molecule has 0 fully saturated rings. The van der Waals surface area contributed by atoms with Crippen LogP contribution in [-0.4, -0.2) is 21.9 Å². The molecule has 0 spiro atoms. The second-order valence-electron chi connectivity index (χ2n) is 6.18. The van der Waals surface area contributed by atoms with Gasteiger partial charge in [0, 0.05) is 23.0 Å². The van der Waals surface area contributed by atoms with Crippen molar-refractivity contribution in [3.05, 3.63) is 53.1 Å². The number of nitriles is 1. The van der Waals surface area contributed by atoms with Crippen LogP contribution in [0.4, 0.5) is 10.1 Å². The van der Waals surface area contributed by atoms with Crippen LogP contribution in [0.25, 0.3) is 0 Å². The van der Waals surface area contributed by atoms with Gasteiger partial charge in [0.2, 0.25) is 5.91 Å². The molecule has 1 heterocycles. The van der Waals surface area contributed by atoms with Gasteiger partial charge in [-0.1, -0.05) is 0 Å². The van der Waals surface area contributed by atoms with Gasteiger partial charge in [0.1, 0.15) is 17.3 Å². The van der Waals surface area contributed by atoms with E-state index in [0.717, 1.165) is 18.2 Å². The second-order valence-corrected chi connectivity index (χ2v) is 6.18. The number of carbonyl (C=O) groups excluding carboxylic acids is 2. The fraction of sp³-hybridized carbons (Fsp3) is 0.222. The number of hydrogen-bond donors (Lipinski definition) is 3. The van der Waals surface area contributed by atoms with Crippen LogP contribution in [0.5, 0.6) is 5.75 Å². The van der Waals surface area contributed by atoms with Crippen molar-refractivity contribution in [3.8, 4) is 11.8 Å². The number of pyridine rings is 1. The van der Waals surface area contributed by atoms with Crippen molar-refractivity contribution in [3.63, 3.8) is 0 Å². The Morgan fingerprint density at radius 2 is 2.08 bits per heavy atom. The standard InChI is InChI=1S/C18H17FN4O3/c1-18(2,9-20)15-12(5-6-22-16(15)17(21)26)23-14(25)8-10-7-11(19)3-4-13(10)24/h3-7,24H,8H2,1-2H3,(H2,21,26)(H,22,23,25). The van der Waals surface area contributed by atoms with Gasteiger partial charge in [0.25, 0.3) is 5.91 Å². The first kappa shape index (κ1) is 18.9. The molecule has 7 nitrogen and oxygen atoms in total. The number of primary amides is 1. The number of rotatable bonds is 5. The summed E-state index contributed by atoms with van der Waals surface area (Å²) in [6, 6.07) is 6.76. The van der Waals surface area contributed by atoms with Crippen molar-refractivity contribution in [2.45, 2.75) is 25.7 Å². The largest absolute Gasteiger partial charge is 0.508 e. The number of aromatic nitrogens is 1. The summed E-state index contributed by atoms with van der Waals surface area (Å²) >= 11 is 0. The van der Waals surface area contributed by atoms with E-state index in [9.17, 15) is 24.3 Å². The quantitative estimate of drug-likeness (QED) is 0.754. The smallest absolute Gasteiger partial charge is 0.267 e. The van der Waals surface area contributed by atoms with Crippen LogP contribution < -0.4 is 11.1 Å². The summed E-state index contributed by atoms with van der Waals surface area (Å²) in [5, 5.41) is 21.7. The summed E-state index contributed by atoms with van der Waals surface area (Å²) in [6.07, 6.45) is 0.983. The van der Waals surface area contributed by atoms with E-state index >= 15 is 0 Å². The lowest BCUT2D eigenvalue weighted by molar-refractivity contribution is -0.115. The number of carbonyl (C=O) groups is 2. The van der Waals surface area contributed by atoms with Crippen LogP contribution in [0.2, 0.25) is 0 Å². The molecule has 1 aromatic carbocycles. The Kier molecular flexibility index (Phi) is 5.22. The molecule has 0 aliphatic carbocycles. The van der Waals surface area contributed by atoms with Gasteiger partial charge in [-0.3, -0.25) is 14.6 Å². The summed E-state index contributed by atoms with van der Waals surface area (Å²) in [5.74, 6) is -2.20. The van der Waals surface area contributed by atoms with Gasteiger partial charge < -0.3 is 16.2 Å². The van der Waals surface area contributed by atoms with Gasteiger partial charge in [-0.25, -0.2) is 4.39 Å². The average Bonchev–Trinajstić information content (AvgIpc) is 2.57. The summed E-state index contributed by atoms with van der Waals surface area (Å²) in [6.45, 7) is 3.12. The van der Waals surface area contributed by atoms with E-state index in [0.29, 0.717) is 0 Å². The highest BCUT2D eigenvalue weighted by Crippen LogP contribution is 2.32. The minimum absolute atomic E-state index is 0.104. The van der Waals surface area contributed by atoms with Crippen molar-refractivity contribution in [1.82, 2.24) is 4.98 Å². The third-order valence-electron chi connectivity index (χ3n) is 3.76. The first-order valence-electron chi connectivity index (χ1n) is 7.63. The molecular weight excluding hydrogens is 339 g/mol. The molecule has 0 unspecified atom stereocenters. The van der Waals surface area contributed by atoms with E-state index in [-0.39, 0.29) is 34.7 Å². The lowest BCUT2D eigenvalue weighted by atomic mass is 9.83. The zero-order valence-corrected chi connectivity index (χ0v) is 14.2. The molecule has 0 aliphatic rings. The van der Waals surface area contributed by atoms with Gasteiger partial charge in [-0.05, 0) is 38.1 Å². The molecule has 0 saturated carbocycles. The Bertz CT molecular complexity index is 919. The molecule has 26 heavy (non-hydrogen) atoms. The van der Waals surface area contributed by atoms with Crippen molar-refractivity contribution in [2.75, 3.05) is 5.32 Å². The van der Waals surface area contributed by atoms with Gasteiger partial charge in [-0.2, -0.15) is 5.26 Å². The van der Waals surface area contributed by atoms with E-state index in [1.54, 1.807) is 13.8 Å². The third-order valence-corrected chi connectivity index (χ3v) is 3.76. The van der Waals surface area contributed by atoms with E-state index in [2.05, 4.69) is 10.3 Å². The Morgan fingerprint density at radius 3 is 2.69 bits per heavy atom. The highest BCUT2D eigenvalue weighted by atomic mass is 19.1. The number of aromatic hydroxyl groups is 1. The number of nitrogens with zero attached hydrogens (tertiary/aromatic N) is 2.